The van der Waals surface area contributed by atoms with E-state index in [9.17, 15) is 28.8 Å². The van der Waals surface area contributed by atoms with Crippen LogP contribution in [0.15, 0.2) is 36.4 Å². The van der Waals surface area contributed by atoms with E-state index in [1.54, 1.807) is 0 Å². The van der Waals surface area contributed by atoms with Gasteiger partial charge in [-0.15, -0.1) is 0 Å². The zero-order chi connectivity index (χ0) is 27.6. The summed E-state index contributed by atoms with van der Waals surface area (Å²) in [6, 6.07) is 8.67. The minimum Gasteiger partial charge on any atom is -0.462 e. The molecule has 38 heavy (non-hydrogen) atoms. The third kappa shape index (κ3) is 5.06. The van der Waals surface area contributed by atoms with Crippen molar-refractivity contribution in [2.45, 2.75) is 45.1 Å². The summed E-state index contributed by atoms with van der Waals surface area (Å²) in [5.41, 5.74) is 1.36. The van der Waals surface area contributed by atoms with Gasteiger partial charge in [0.15, 0.2) is 0 Å². The molecule has 10 nitrogen and oxygen atoms in total. The summed E-state index contributed by atoms with van der Waals surface area (Å²) in [6.07, 6.45) is 3.01. The number of carbonyl (C=O) groups is 6. The predicted molar refractivity (Wildman–Crippen MR) is 134 cm³/mol. The van der Waals surface area contributed by atoms with Crippen molar-refractivity contribution < 1.29 is 38.2 Å². The third-order valence-electron chi connectivity index (χ3n) is 6.78. The maximum absolute atomic E-state index is 12.6. The van der Waals surface area contributed by atoms with E-state index in [0.29, 0.717) is 19.3 Å². The Morgan fingerprint density at radius 3 is 1.74 bits per heavy atom. The van der Waals surface area contributed by atoms with Crippen LogP contribution in [0.1, 0.15) is 101 Å². The van der Waals surface area contributed by atoms with E-state index in [-0.39, 0.29) is 46.1 Å². The Kier molecular flexibility index (Phi) is 7.70. The van der Waals surface area contributed by atoms with E-state index in [0.717, 1.165) is 22.6 Å². The summed E-state index contributed by atoms with van der Waals surface area (Å²) < 4.78 is 10.9. The molecule has 0 spiro atoms. The summed E-state index contributed by atoms with van der Waals surface area (Å²) in [7, 11) is 2.79. The molecule has 0 aliphatic carbocycles. The van der Waals surface area contributed by atoms with Crippen LogP contribution in [0, 0.1) is 0 Å². The molecule has 0 fully saturated rings. The molecule has 4 amide bonds. The van der Waals surface area contributed by atoms with Gasteiger partial charge in [-0.05, 0) is 68.5 Å². The Hall–Kier alpha value is -4.34. The molecule has 198 valence electrons. The van der Waals surface area contributed by atoms with Gasteiger partial charge >= 0.3 is 11.9 Å². The predicted octanol–water partition coefficient (Wildman–Crippen LogP) is 3.49. The van der Waals surface area contributed by atoms with Gasteiger partial charge in [-0.25, -0.2) is 9.59 Å². The zero-order valence-corrected chi connectivity index (χ0v) is 21.4. The molecule has 0 saturated heterocycles. The van der Waals surface area contributed by atoms with Crippen LogP contribution in [0.4, 0.5) is 0 Å². The SMILES string of the molecule is CCC(CCCCCOC(=O)c1ccc2c(c1)C(=O)N(C)C2=O)OC(=O)c1ccc2c(c1)C(=O)N(C)C2=O. The minimum absolute atomic E-state index is 0.190. The number of fused-ring (bicyclic) bond motifs is 2. The van der Waals surface area contributed by atoms with Crippen molar-refractivity contribution in [2.75, 3.05) is 20.7 Å². The molecule has 2 heterocycles. The maximum Gasteiger partial charge on any atom is 0.338 e. The monoisotopic (exact) mass is 520 g/mol. The molecule has 2 aromatic carbocycles. The molecular formula is C28H28N2O8. The Bertz CT molecular complexity index is 1350. The van der Waals surface area contributed by atoms with Crippen molar-refractivity contribution in [2.24, 2.45) is 0 Å². The normalized spacial score (nSPS) is 15.0. The van der Waals surface area contributed by atoms with Crippen LogP contribution in [0.3, 0.4) is 0 Å². The molecule has 0 aromatic heterocycles. The molecule has 0 bridgehead atoms. The lowest BCUT2D eigenvalue weighted by molar-refractivity contribution is 0.0262. The highest BCUT2D eigenvalue weighted by atomic mass is 16.5. The molecule has 2 aliphatic rings. The number of ether oxygens (including phenoxy) is 2. The van der Waals surface area contributed by atoms with E-state index < -0.39 is 35.6 Å². The standard InChI is InChI=1S/C28H28N2O8/c1-4-18(38-28(36)17-10-12-20-22(15-17)26(34)30(3)24(20)32)8-6-5-7-13-37-27(35)16-9-11-19-21(14-16)25(33)29(2)23(19)31/h9-12,14-15,18H,4-8,13H2,1-3H3. The average molecular weight is 521 g/mol. The van der Waals surface area contributed by atoms with Crippen molar-refractivity contribution >= 4 is 35.6 Å². The van der Waals surface area contributed by atoms with Gasteiger partial charge in [0, 0.05) is 14.1 Å². The van der Waals surface area contributed by atoms with Crippen molar-refractivity contribution in [1.29, 1.82) is 0 Å². The smallest absolute Gasteiger partial charge is 0.338 e. The van der Waals surface area contributed by atoms with Gasteiger partial charge in [-0.2, -0.15) is 0 Å². The molecule has 1 unspecified atom stereocenters. The van der Waals surface area contributed by atoms with E-state index in [1.165, 1.54) is 50.5 Å². The fourth-order valence-corrected chi connectivity index (χ4v) is 4.44. The zero-order valence-electron chi connectivity index (χ0n) is 21.4. The fraction of sp³-hybridized carbons (Fsp3) is 0.357. The van der Waals surface area contributed by atoms with Gasteiger partial charge in [-0.3, -0.25) is 29.0 Å². The summed E-state index contributed by atoms with van der Waals surface area (Å²) in [5, 5.41) is 0. The Morgan fingerprint density at radius 2 is 1.21 bits per heavy atom. The number of unbranched alkanes of at least 4 members (excludes halogenated alkanes) is 2. The lowest BCUT2D eigenvalue weighted by Gasteiger charge is -2.16. The highest BCUT2D eigenvalue weighted by Crippen LogP contribution is 2.25. The molecule has 1 atom stereocenters. The molecule has 2 aromatic rings. The second-order valence-electron chi connectivity index (χ2n) is 9.28. The number of hydrogen-bond acceptors (Lipinski definition) is 8. The molecule has 0 saturated carbocycles. The van der Waals surface area contributed by atoms with Crippen LogP contribution in [0.5, 0.6) is 0 Å². The Labute approximate surface area is 219 Å². The molecular weight excluding hydrogens is 492 g/mol. The van der Waals surface area contributed by atoms with Gasteiger partial charge in [0.25, 0.3) is 23.6 Å². The molecule has 0 radical (unpaired) electrons. The highest BCUT2D eigenvalue weighted by Gasteiger charge is 2.34. The topological polar surface area (TPSA) is 127 Å². The fourth-order valence-electron chi connectivity index (χ4n) is 4.44. The summed E-state index contributed by atoms with van der Waals surface area (Å²) in [4.78, 5) is 75.3. The third-order valence-corrected chi connectivity index (χ3v) is 6.78. The van der Waals surface area contributed by atoms with Crippen LogP contribution < -0.4 is 0 Å². The number of carbonyl (C=O) groups excluding carboxylic acids is 6. The lowest BCUT2D eigenvalue weighted by atomic mass is 10.1. The van der Waals surface area contributed by atoms with Crippen molar-refractivity contribution in [3.63, 3.8) is 0 Å². The Morgan fingerprint density at radius 1 is 0.711 bits per heavy atom. The van der Waals surface area contributed by atoms with Crippen LogP contribution in [-0.2, 0) is 9.47 Å². The van der Waals surface area contributed by atoms with Crippen LogP contribution in [0.25, 0.3) is 0 Å². The average Bonchev–Trinajstić information content (AvgIpc) is 3.28. The first-order valence-electron chi connectivity index (χ1n) is 12.4. The number of nitrogens with zero attached hydrogens (tertiary/aromatic N) is 2. The van der Waals surface area contributed by atoms with Gasteiger partial charge in [-0.1, -0.05) is 6.92 Å². The molecule has 4 rings (SSSR count). The van der Waals surface area contributed by atoms with E-state index in [1.807, 2.05) is 6.92 Å². The number of esters is 2. The van der Waals surface area contributed by atoms with Crippen LogP contribution in [-0.4, -0.2) is 72.2 Å². The first kappa shape index (κ1) is 26.7. The Balaban J connectivity index is 1.20. The largest absolute Gasteiger partial charge is 0.462 e. The van der Waals surface area contributed by atoms with E-state index >= 15 is 0 Å². The first-order valence-corrected chi connectivity index (χ1v) is 12.4. The van der Waals surface area contributed by atoms with Gasteiger partial charge in [0.05, 0.1) is 40.0 Å². The summed E-state index contributed by atoms with van der Waals surface area (Å²) >= 11 is 0. The first-order chi connectivity index (χ1) is 18.1. The number of rotatable bonds is 10. The second-order valence-corrected chi connectivity index (χ2v) is 9.28. The number of benzene rings is 2. The van der Waals surface area contributed by atoms with Gasteiger partial charge in [0.1, 0.15) is 6.10 Å². The number of hydrogen-bond donors (Lipinski definition) is 0. The number of amides is 4. The van der Waals surface area contributed by atoms with Crippen LogP contribution >= 0.6 is 0 Å². The quantitative estimate of drug-likeness (QED) is 0.265. The van der Waals surface area contributed by atoms with Crippen molar-refractivity contribution in [3.8, 4) is 0 Å². The van der Waals surface area contributed by atoms with Crippen LogP contribution in [0.2, 0.25) is 0 Å². The highest BCUT2D eigenvalue weighted by molar-refractivity contribution is 6.22. The van der Waals surface area contributed by atoms with E-state index in [2.05, 4.69) is 0 Å². The van der Waals surface area contributed by atoms with Gasteiger partial charge in [0.2, 0.25) is 0 Å². The van der Waals surface area contributed by atoms with Gasteiger partial charge < -0.3 is 9.47 Å². The van der Waals surface area contributed by atoms with Crippen molar-refractivity contribution in [3.05, 3.63) is 69.8 Å². The van der Waals surface area contributed by atoms with Crippen molar-refractivity contribution in [1.82, 2.24) is 9.80 Å². The summed E-state index contributed by atoms with van der Waals surface area (Å²) in [6.45, 7) is 2.10. The van der Waals surface area contributed by atoms with E-state index in [4.69, 9.17) is 9.47 Å². The molecule has 0 N–H and O–H groups in total. The lowest BCUT2D eigenvalue weighted by Crippen LogP contribution is -2.24. The summed E-state index contributed by atoms with van der Waals surface area (Å²) in [5.74, 6) is -2.80. The maximum atomic E-state index is 12.6. The minimum atomic E-state index is -0.566. The second kappa shape index (κ2) is 11.0. The molecule has 10 heteroatoms. The molecule has 2 aliphatic heterocycles. The number of imide groups is 2.